The molecule has 0 saturated heterocycles. The Morgan fingerprint density at radius 1 is 1.53 bits per heavy atom. The number of carbonyl (C=O) groups excluding carboxylic acids is 1. The summed E-state index contributed by atoms with van der Waals surface area (Å²) in [5, 5.41) is 10.1. The van der Waals surface area contributed by atoms with Crippen LogP contribution in [-0.4, -0.2) is 35.4 Å². The number of hydrogen-bond acceptors (Lipinski definition) is 3. The van der Waals surface area contributed by atoms with Crippen molar-refractivity contribution in [3.8, 4) is 0 Å². The van der Waals surface area contributed by atoms with Crippen molar-refractivity contribution in [1.29, 1.82) is 0 Å². The Bertz CT molecular complexity index is 422. The van der Waals surface area contributed by atoms with Crippen LogP contribution in [0.1, 0.15) is 55.2 Å². The van der Waals surface area contributed by atoms with Gasteiger partial charge in [0, 0.05) is 12.8 Å². The van der Waals surface area contributed by atoms with E-state index in [0.29, 0.717) is 12.3 Å². The van der Waals surface area contributed by atoms with Gasteiger partial charge in [-0.2, -0.15) is 5.10 Å². The van der Waals surface area contributed by atoms with Gasteiger partial charge in [0.1, 0.15) is 5.69 Å². The molecular weight excluding hydrogens is 242 g/mol. The molecule has 1 aromatic heterocycles. The summed E-state index contributed by atoms with van der Waals surface area (Å²) in [4.78, 5) is 12.2. The van der Waals surface area contributed by atoms with Gasteiger partial charge in [-0.1, -0.05) is 26.2 Å². The van der Waals surface area contributed by atoms with Crippen molar-refractivity contribution >= 4 is 5.91 Å². The smallest absolute Gasteiger partial charge is 0.272 e. The first kappa shape index (κ1) is 14.1. The molecule has 1 heterocycles. The molecule has 19 heavy (non-hydrogen) atoms. The molecule has 1 saturated carbocycles. The van der Waals surface area contributed by atoms with Crippen LogP contribution in [0, 0.1) is 0 Å². The second kappa shape index (κ2) is 6.19. The lowest BCUT2D eigenvalue weighted by Crippen LogP contribution is -2.49. The van der Waals surface area contributed by atoms with Gasteiger partial charge in [0.25, 0.3) is 5.91 Å². The Hall–Kier alpha value is -1.36. The van der Waals surface area contributed by atoms with Gasteiger partial charge in [-0.3, -0.25) is 9.89 Å². The van der Waals surface area contributed by atoms with Gasteiger partial charge >= 0.3 is 0 Å². The van der Waals surface area contributed by atoms with E-state index in [0.717, 1.165) is 44.2 Å². The summed E-state index contributed by atoms with van der Waals surface area (Å²) in [6, 6.07) is 1.84. The number of nitrogens with zero attached hydrogens (tertiary/aromatic N) is 1. The van der Waals surface area contributed by atoms with Crippen LogP contribution in [-0.2, 0) is 11.2 Å². The highest BCUT2D eigenvalue weighted by Gasteiger charge is 2.35. The Labute approximate surface area is 114 Å². The minimum Gasteiger partial charge on any atom is -0.382 e. The summed E-state index contributed by atoms with van der Waals surface area (Å²) in [5.41, 5.74) is 1.29. The van der Waals surface area contributed by atoms with Gasteiger partial charge in [-0.25, -0.2) is 0 Å². The Morgan fingerprint density at radius 3 is 2.89 bits per heavy atom. The number of aryl methyl sites for hydroxylation is 1. The first-order chi connectivity index (χ1) is 9.19. The van der Waals surface area contributed by atoms with Gasteiger partial charge in [-0.05, 0) is 25.3 Å². The zero-order valence-corrected chi connectivity index (χ0v) is 11.8. The first-order valence-corrected chi connectivity index (χ1v) is 7.05. The molecule has 106 valence electrons. The van der Waals surface area contributed by atoms with Crippen molar-refractivity contribution in [3.63, 3.8) is 0 Å². The third-order valence-corrected chi connectivity index (χ3v) is 3.74. The van der Waals surface area contributed by atoms with Crippen molar-refractivity contribution in [2.45, 2.75) is 51.0 Å². The molecule has 1 fully saturated rings. The van der Waals surface area contributed by atoms with Crippen LogP contribution in [0.2, 0.25) is 0 Å². The van der Waals surface area contributed by atoms with Crippen molar-refractivity contribution in [1.82, 2.24) is 15.5 Å². The van der Waals surface area contributed by atoms with Crippen molar-refractivity contribution in [3.05, 3.63) is 17.5 Å². The van der Waals surface area contributed by atoms with E-state index in [1.54, 1.807) is 7.11 Å². The van der Waals surface area contributed by atoms with Crippen LogP contribution in [0.25, 0.3) is 0 Å². The predicted molar refractivity (Wildman–Crippen MR) is 73.1 cm³/mol. The predicted octanol–water partition coefficient (Wildman–Crippen LogP) is 2.05. The van der Waals surface area contributed by atoms with Crippen LogP contribution >= 0.6 is 0 Å². The maximum Gasteiger partial charge on any atom is 0.272 e. The number of hydrogen-bond donors (Lipinski definition) is 2. The molecule has 0 bridgehead atoms. The fourth-order valence-electron chi connectivity index (χ4n) is 2.81. The molecule has 0 aliphatic heterocycles. The quantitative estimate of drug-likeness (QED) is 0.827. The minimum atomic E-state index is -0.199. The summed E-state index contributed by atoms with van der Waals surface area (Å²) in [5.74, 6) is -0.0995. The molecule has 5 heteroatoms. The molecule has 0 aromatic carbocycles. The summed E-state index contributed by atoms with van der Waals surface area (Å²) >= 11 is 0. The van der Waals surface area contributed by atoms with E-state index in [1.165, 1.54) is 0 Å². The molecule has 1 amide bonds. The molecule has 1 aromatic rings. The topological polar surface area (TPSA) is 67.0 Å². The summed E-state index contributed by atoms with van der Waals surface area (Å²) in [6.45, 7) is 2.68. The van der Waals surface area contributed by atoms with E-state index in [4.69, 9.17) is 4.74 Å². The highest BCUT2D eigenvalue weighted by Crippen LogP contribution is 2.30. The second-order valence-electron chi connectivity index (χ2n) is 5.40. The Kier molecular flexibility index (Phi) is 4.58. The number of nitrogens with one attached hydrogen (secondary N) is 2. The van der Waals surface area contributed by atoms with Crippen LogP contribution in [0.3, 0.4) is 0 Å². The zero-order valence-electron chi connectivity index (χ0n) is 11.8. The maximum absolute atomic E-state index is 12.2. The van der Waals surface area contributed by atoms with E-state index in [-0.39, 0.29) is 11.4 Å². The number of amides is 1. The maximum atomic E-state index is 12.2. The number of H-pyrrole nitrogens is 1. The third kappa shape index (κ3) is 3.35. The largest absolute Gasteiger partial charge is 0.382 e. The number of ether oxygens (including phenoxy) is 1. The lowest BCUT2D eigenvalue weighted by atomic mass is 9.98. The Morgan fingerprint density at radius 2 is 2.26 bits per heavy atom. The molecule has 1 aliphatic carbocycles. The number of rotatable bonds is 6. The first-order valence-electron chi connectivity index (χ1n) is 7.05. The fraction of sp³-hybridized carbons (Fsp3) is 0.714. The molecule has 1 aliphatic rings. The number of methoxy groups -OCH3 is 1. The SMILES string of the molecule is CCCc1cc(C(=O)NC2(COC)CCCC2)n[nH]1. The van der Waals surface area contributed by atoms with Gasteiger partial charge in [-0.15, -0.1) is 0 Å². The minimum absolute atomic E-state index is 0.0995. The molecule has 0 spiro atoms. The van der Waals surface area contributed by atoms with Crippen LogP contribution in [0.15, 0.2) is 6.07 Å². The van der Waals surface area contributed by atoms with Gasteiger partial charge in [0.15, 0.2) is 0 Å². The van der Waals surface area contributed by atoms with Gasteiger partial charge < -0.3 is 10.1 Å². The van der Waals surface area contributed by atoms with Gasteiger partial charge in [0.05, 0.1) is 12.1 Å². The molecule has 0 unspecified atom stereocenters. The lowest BCUT2D eigenvalue weighted by Gasteiger charge is -2.29. The van der Waals surface area contributed by atoms with Crippen molar-refractivity contribution < 1.29 is 9.53 Å². The summed E-state index contributed by atoms with van der Waals surface area (Å²) in [6.07, 6.45) is 6.22. The monoisotopic (exact) mass is 265 g/mol. The highest BCUT2D eigenvalue weighted by atomic mass is 16.5. The summed E-state index contributed by atoms with van der Waals surface area (Å²) < 4.78 is 5.27. The molecular formula is C14H23N3O2. The van der Waals surface area contributed by atoms with E-state index in [2.05, 4.69) is 22.4 Å². The zero-order chi connectivity index (χ0) is 13.7. The fourth-order valence-corrected chi connectivity index (χ4v) is 2.81. The molecule has 0 atom stereocenters. The van der Waals surface area contributed by atoms with E-state index in [1.807, 2.05) is 6.07 Å². The average molecular weight is 265 g/mol. The van der Waals surface area contributed by atoms with Crippen LogP contribution in [0.5, 0.6) is 0 Å². The van der Waals surface area contributed by atoms with Gasteiger partial charge in [0.2, 0.25) is 0 Å². The van der Waals surface area contributed by atoms with Crippen LogP contribution < -0.4 is 5.32 Å². The number of carbonyl (C=O) groups is 1. The lowest BCUT2D eigenvalue weighted by molar-refractivity contribution is 0.0762. The molecule has 2 rings (SSSR count). The normalized spacial score (nSPS) is 17.6. The van der Waals surface area contributed by atoms with E-state index >= 15 is 0 Å². The Balaban J connectivity index is 2.02. The number of aromatic nitrogens is 2. The molecule has 2 N–H and O–H groups in total. The molecule has 0 radical (unpaired) electrons. The van der Waals surface area contributed by atoms with Crippen LogP contribution in [0.4, 0.5) is 0 Å². The summed E-state index contributed by atoms with van der Waals surface area (Å²) in [7, 11) is 1.68. The third-order valence-electron chi connectivity index (χ3n) is 3.74. The standard InChI is InChI=1S/C14H23N3O2/c1-3-6-11-9-12(17-16-11)13(18)15-14(10-19-2)7-4-5-8-14/h9H,3-8,10H2,1-2H3,(H,15,18)(H,16,17). The highest BCUT2D eigenvalue weighted by molar-refractivity contribution is 5.92. The van der Waals surface area contributed by atoms with Crippen molar-refractivity contribution in [2.24, 2.45) is 0 Å². The van der Waals surface area contributed by atoms with E-state index in [9.17, 15) is 4.79 Å². The van der Waals surface area contributed by atoms with E-state index < -0.39 is 0 Å². The second-order valence-corrected chi connectivity index (χ2v) is 5.40. The average Bonchev–Trinajstić information content (AvgIpc) is 3.00. The van der Waals surface area contributed by atoms with Crippen molar-refractivity contribution in [2.75, 3.05) is 13.7 Å². The molecule has 5 nitrogen and oxygen atoms in total. The number of aromatic amines is 1.